The van der Waals surface area contributed by atoms with Crippen LogP contribution in [0.25, 0.3) is 0 Å². The lowest BCUT2D eigenvalue weighted by Gasteiger charge is -2.33. The topological polar surface area (TPSA) is 77.1 Å². The van der Waals surface area contributed by atoms with Crippen LogP contribution >= 0.6 is 0 Å². The molecule has 0 aliphatic heterocycles. The normalized spacial score (nSPS) is 11.9. The second-order valence-corrected chi connectivity index (χ2v) is 9.16. The molecular weight excluding hydrogens is 432 g/mol. The molecule has 0 fully saturated rings. The van der Waals surface area contributed by atoms with Crippen molar-refractivity contribution in [2.45, 2.75) is 65.1 Å². The van der Waals surface area contributed by atoms with Gasteiger partial charge in [-0.3, -0.25) is 9.59 Å². The smallest absolute Gasteiger partial charge is 0.243 e. The zero-order valence-corrected chi connectivity index (χ0v) is 21.2. The van der Waals surface area contributed by atoms with Gasteiger partial charge in [0, 0.05) is 18.5 Å². The number of hydrogen-bond donors (Lipinski definition) is 1. The van der Waals surface area contributed by atoms with Crippen LogP contribution in [0.2, 0.25) is 0 Å². The number of benzene rings is 2. The number of ether oxygens (including phenoxy) is 3. The first-order valence-corrected chi connectivity index (χ1v) is 11.7. The van der Waals surface area contributed by atoms with Crippen LogP contribution in [0.1, 0.15) is 52.5 Å². The van der Waals surface area contributed by atoms with Crippen molar-refractivity contribution in [3.8, 4) is 17.2 Å². The van der Waals surface area contributed by atoms with E-state index < -0.39 is 6.04 Å². The molecule has 1 N–H and O–H groups in total. The summed E-state index contributed by atoms with van der Waals surface area (Å²) in [5.74, 6) is 1.95. The molecule has 2 aromatic rings. The highest BCUT2D eigenvalue weighted by Gasteiger charge is 2.30. The molecule has 2 aromatic carbocycles. The van der Waals surface area contributed by atoms with Crippen LogP contribution in [-0.4, -0.2) is 49.1 Å². The summed E-state index contributed by atoms with van der Waals surface area (Å²) in [4.78, 5) is 28.0. The molecule has 0 heterocycles. The van der Waals surface area contributed by atoms with Gasteiger partial charge in [-0.25, -0.2) is 0 Å². The quantitative estimate of drug-likeness (QED) is 0.459. The fraction of sp³-hybridized carbons (Fsp3) is 0.481. The summed E-state index contributed by atoms with van der Waals surface area (Å²) in [5, 5.41) is 3.02. The van der Waals surface area contributed by atoms with E-state index in [2.05, 4.69) is 5.32 Å². The Kier molecular flexibility index (Phi) is 10.2. The average molecular weight is 471 g/mol. The highest BCUT2D eigenvalue weighted by molar-refractivity contribution is 5.88. The van der Waals surface area contributed by atoms with E-state index in [1.165, 1.54) is 0 Å². The van der Waals surface area contributed by atoms with Crippen LogP contribution in [0, 0.1) is 0 Å². The van der Waals surface area contributed by atoms with Crippen molar-refractivity contribution in [3.63, 3.8) is 0 Å². The first-order chi connectivity index (χ1) is 16.2. The molecule has 0 unspecified atom stereocenters. The summed E-state index contributed by atoms with van der Waals surface area (Å²) in [7, 11) is 3.22. The minimum atomic E-state index is -0.569. The van der Waals surface area contributed by atoms with E-state index in [9.17, 15) is 9.59 Å². The zero-order chi connectivity index (χ0) is 25.1. The van der Waals surface area contributed by atoms with Crippen molar-refractivity contribution in [2.75, 3.05) is 20.8 Å². The molecule has 2 amide bonds. The molecule has 0 saturated heterocycles. The summed E-state index contributed by atoms with van der Waals surface area (Å²) in [6, 6.07) is 14.3. The highest BCUT2D eigenvalue weighted by atomic mass is 16.5. The van der Waals surface area contributed by atoms with Crippen molar-refractivity contribution in [3.05, 3.63) is 54.1 Å². The van der Waals surface area contributed by atoms with Gasteiger partial charge >= 0.3 is 0 Å². The molecule has 0 bridgehead atoms. The largest absolute Gasteiger partial charge is 0.497 e. The number of nitrogens with zero attached hydrogens (tertiary/aromatic N) is 1. The Labute approximate surface area is 203 Å². The van der Waals surface area contributed by atoms with E-state index in [1.807, 2.05) is 76.2 Å². The van der Waals surface area contributed by atoms with Gasteiger partial charge in [0.2, 0.25) is 11.8 Å². The molecule has 0 radical (unpaired) electrons. The Bertz CT molecular complexity index is 921. The summed E-state index contributed by atoms with van der Waals surface area (Å²) in [6.45, 7) is 8.44. The Morgan fingerprint density at radius 1 is 0.971 bits per heavy atom. The second-order valence-electron chi connectivity index (χ2n) is 9.16. The SMILES string of the molecule is CC[C@@H](C(=O)NC(C)(C)C)N(Cc1cccc(OC)c1)C(=O)CCCOc1ccc(OC)cc1. The lowest BCUT2D eigenvalue weighted by Crippen LogP contribution is -2.53. The van der Waals surface area contributed by atoms with E-state index in [1.54, 1.807) is 19.1 Å². The monoisotopic (exact) mass is 470 g/mol. The molecule has 0 spiro atoms. The molecule has 7 nitrogen and oxygen atoms in total. The predicted octanol–water partition coefficient (Wildman–Crippen LogP) is 4.58. The molecule has 0 aliphatic rings. The first kappa shape index (κ1) is 27.0. The minimum Gasteiger partial charge on any atom is -0.497 e. The van der Waals surface area contributed by atoms with Gasteiger partial charge in [-0.05, 0) is 75.6 Å². The Hall–Kier alpha value is -3.22. The van der Waals surface area contributed by atoms with E-state index in [0.29, 0.717) is 31.7 Å². The van der Waals surface area contributed by atoms with Crippen LogP contribution in [0.15, 0.2) is 48.5 Å². The summed E-state index contributed by atoms with van der Waals surface area (Å²) >= 11 is 0. The van der Waals surface area contributed by atoms with Crippen LogP contribution in [0.4, 0.5) is 0 Å². The molecule has 7 heteroatoms. The summed E-state index contributed by atoms with van der Waals surface area (Å²) in [6.07, 6.45) is 1.33. The maximum absolute atomic E-state index is 13.3. The maximum Gasteiger partial charge on any atom is 0.243 e. The zero-order valence-electron chi connectivity index (χ0n) is 21.2. The number of rotatable bonds is 12. The standard InChI is InChI=1S/C27H38N2O5/c1-7-24(26(31)28-27(2,3)4)29(19-20-10-8-11-23(18-20)33-6)25(30)12-9-17-34-22-15-13-21(32-5)14-16-22/h8,10-11,13-16,18,24H,7,9,12,17,19H2,1-6H3,(H,28,31)/t24-/m0/s1. The van der Waals surface area contributed by atoms with Crippen LogP contribution in [0.5, 0.6) is 17.2 Å². The van der Waals surface area contributed by atoms with E-state index in [-0.39, 0.29) is 23.8 Å². The van der Waals surface area contributed by atoms with Gasteiger partial charge in [0.25, 0.3) is 0 Å². The molecule has 34 heavy (non-hydrogen) atoms. The molecule has 2 rings (SSSR count). The fourth-order valence-corrected chi connectivity index (χ4v) is 3.57. The van der Waals surface area contributed by atoms with E-state index >= 15 is 0 Å². The fourth-order valence-electron chi connectivity index (χ4n) is 3.57. The molecule has 1 atom stereocenters. The molecule has 0 aromatic heterocycles. The predicted molar refractivity (Wildman–Crippen MR) is 133 cm³/mol. The Balaban J connectivity index is 2.09. The van der Waals surface area contributed by atoms with Crippen molar-refractivity contribution in [1.29, 1.82) is 0 Å². The maximum atomic E-state index is 13.3. The third-order valence-electron chi connectivity index (χ3n) is 5.23. The van der Waals surface area contributed by atoms with E-state index in [0.717, 1.165) is 17.1 Å². The molecule has 186 valence electrons. The summed E-state index contributed by atoms with van der Waals surface area (Å²) < 4.78 is 16.2. The second kappa shape index (κ2) is 12.9. The van der Waals surface area contributed by atoms with Crippen molar-refractivity contribution in [1.82, 2.24) is 10.2 Å². The van der Waals surface area contributed by atoms with Gasteiger partial charge in [-0.1, -0.05) is 19.1 Å². The van der Waals surface area contributed by atoms with Gasteiger partial charge in [0.1, 0.15) is 23.3 Å². The van der Waals surface area contributed by atoms with E-state index in [4.69, 9.17) is 14.2 Å². The number of carbonyl (C=O) groups is 2. The highest BCUT2D eigenvalue weighted by Crippen LogP contribution is 2.20. The van der Waals surface area contributed by atoms with Crippen LogP contribution in [0.3, 0.4) is 0 Å². The van der Waals surface area contributed by atoms with Crippen molar-refractivity contribution in [2.24, 2.45) is 0 Å². The average Bonchev–Trinajstić information content (AvgIpc) is 2.81. The van der Waals surface area contributed by atoms with Crippen molar-refractivity contribution < 1.29 is 23.8 Å². The lowest BCUT2D eigenvalue weighted by molar-refractivity contribution is -0.142. The number of amides is 2. The molecule has 0 saturated carbocycles. The van der Waals surface area contributed by atoms with Gasteiger partial charge in [0.05, 0.1) is 20.8 Å². The Morgan fingerprint density at radius 3 is 2.21 bits per heavy atom. The molecule has 0 aliphatic carbocycles. The van der Waals surface area contributed by atoms with Gasteiger partial charge in [-0.15, -0.1) is 0 Å². The van der Waals surface area contributed by atoms with Crippen LogP contribution in [-0.2, 0) is 16.1 Å². The third kappa shape index (κ3) is 8.61. The van der Waals surface area contributed by atoms with Gasteiger partial charge in [0.15, 0.2) is 0 Å². The van der Waals surface area contributed by atoms with Gasteiger partial charge in [-0.2, -0.15) is 0 Å². The summed E-state index contributed by atoms with van der Waals surface area (Å²) in [5.41, 5.74) is 0.519. The van der Waals surface area contributed by atoms with Crippen molar-refractivity contribution >= 4 is 11.8 Å². The minimum absolute atomic E-state index is 0.0861. The Morgan fingerprint density at radius 2 is 1.62 bits per heavy atom. The number of nitrogens with one attached hydrogen (secondary N) is 1. The first-order valence-electron chi connectivity index (χ1n) is 11.7. The lowest BCUT2D eigenvalue weighted by atomic mass is 10.0. The third-order valence-corrected chi connectivity index (χ3v) is 5.23. The van der Waals surface area contributed by atoms with Crippen LogP contribution < -0.4 is 19.5 Å². The number of hydrogen-bond acceptors (Lipinski definition) is 5. The number of carbonyl (C=O) groups excluding carboxylic acids is 2. The molecular formula is C27H38N2O5. The number of methoxy groups -OCH3 is 2. The van der Waals surface area contributed by atoms with Gasteiger partial charge < -0.3 is 24.4 Å².